The van der Waals surface area contributed by atoms with E-state index < -0.39 is 5.97 Å². The number of rotatable bonds is 6. The first-order chi connectivity index (χ1) is 12.2. The van der Waals surface area contributed by atoms with E-state index in [0.717, 1.165) is 23.9 Å². The Morgan fingerprint density at radius 1 is 1.28 bits per heavy atom. The molecule has 0 unspecified atom stereocenters. The van der Waals surface area contributed by atoms with Crippen LogP contribution in [0.3, 0.4) is 0 Å². The molecule has 0 fully saturated rings. The van der Waals surface area contributed by atoms with Gasteiger partial charge in [0, 0.05) is 5.39 Å². The van der Waals surface area contributed by atoms with Gasteiger partial charge in [-0.25, -0.2) is 4.79 Å². The van der Waals surface area contributed by atoms with Crippen molar-refractivity contribution in [1.82, 2.24) is 4.98 Å². The molecule has 0 aliphatic rings. The highest BCUT2D eigenvalue weighted by molar-refractivity contribution is 5.95. The first kappa shape index (κ1) is 16.8. The first-order valence-corrected chi connectivity index (χ1v) is 8.27. The number of ether oxygens (including phenoxy) is 1. The van der Waals surface area contributed by atoms with Gasteiger partial charge in [0.15, 0.2) is 0 Å². The molecule has 0 atom stereocenters. The number of aryl methyl sites for hydroxylation is 2. The Balaban J connectivity index is 1.78. The van der Waals surface area contributed by atoms with Gasteiger partial charge >= 0.3 is 5.97 Å². The normalized spacial score (nSPS) is 11.3. The third kappa shape index (κ3) is 3.42. The SMILES string of the molecule is CCc1cccc(CC)c1N/N=C/c1cc2cc(C(=O)OC)[nH]c2o1. The highest BCUT2D eigenvalue weighted by Crippen LogP contribution is 2.23. The Labute approximate surface area is 145 Å². The summed E-state index contributed by atoms with van der Waals surface area (Å²) < 4.78 is 10.3. The number of nitrogens with zero attached hydrogens (tertiary/aromatic N) is 1. The molecule has 6 heteroatoms. The van der Waals surface area contributed by atoms with E-state index in [1.165, 1.54) is 18.2 Å². The quantitative estimate of drug-likeness (QED) is 0.402. The van der Waals surface area contributed by atoms with E-state index in [0.29, 0.717) is 17.2 Å². The molecule has 2 aromatic heterocycles. The number of benzene rings is 1. The summed E-state index contributed by atoms with van der Waals surface area (Å²) in [5.41, 5.74) is 7.52. The van der Waals surface area contributed by atoms with Gasteiger partial charge < -0.3 is 14.1 Å². The first-order valence-electron chi connectivity index (χ1n) is 8.27. The summed E-state index contributed by atoms with van der Waals surface area (Å²) in [7, 11) is 1.34. The van der Waals surface area contributed by atoms with Crippen molar-refractivity contribution in [3.05, 3.63) is 52.9 Å². The molecule has 0 amide bonds. The van der Waals surface area contributed by atoms with Crippen LogP contribution in [0.15, 0.2) is 39.9 Å². The van der Waals surface area contributed by atoms with Crippen LogP contribution in [0.4, 0.5) is 5.69 Å². The van der Waals surface area contributed by atoms with Gasteiger partial charge in [-0.05, 0) is 36.1 Å². The molecule has 1 aromatic carbocycles. The fraction of sp³-hybridized carbons (Fsp3) is 0.263. The number of carbonyl (C=O) groups excluding carboxylic acids is 1. The van der Waals surface area contributed by atoms with Crippen molar-refractivity contribution < 1.29 is 13.9 Å². The molecule has 0 aliphatic carbocycles. The molecule has 2 heterocycles. The van der Waals surface area contributed by atoms with Crippen LogP contribution < -0.4 is 5.43 Å². The van der Waals surface area contributed by atoms with Crippen LogP contribution in [0, 0.1) is 0 Å². The highest BCUT2D eigenvalue weighted by atomic mass is 16.5. The number of methoxy groups -OCH3 is 1. The molecule has 0 aliphatic heterocycles. The van der Waals surface area contributed by atoms with Crippen LogP contribution in [-0.4, -0.2) is 24.3 Å². The van der Waals surface area contributed by atoms with Gasteiger partial charge in [-0.1, -0.05) is 32.0 Å². The molecule has 6 nitrogen and oxygen atoms in total. The van der Waals surface area contributed by atoms with Crippen LogP contribution in [0.2, 0.25) is 0 Å². The number of hydrogen-bond donors (Lipinski definition) is 2. The minimum atomic E-state index is -0.424. The lowest BCUT2D eigenvalue weighted by Crippen LogP contribution is -2.00. The fourth-order valence-electron chi connectivity index (χ4n) is 2.77. The third-order valence-electron chi connectivity index (χ3n) is 4.10. The molecular formula is C19H21N3O3. The number of aromatic nitrogens is 1. The Morgan fingerprint density at radius 3 is 2.60 bits per heavy atom. The lowest BCUT2D eigenvalue weighted by molar-refractivity contribution is 0.0595. The van der Waals surface area contributed by atoms with E-state index in [-0.39, 0.29) is 0 Å². The van der Waals surface area contributed by atoms with Crippen molar-refractivity contribution >= 4 is 29.0 Å². The molecule has 2 N–H and O–H groups in total. The molecule has 25 heavy (non-hydrogen) atoms. The van der Waals surface area contributed by atoms with E-state index in [4.69, 9.17) is 4.42 Å². The van der Waals surface area contributed by atoms with Crippen molar-refractivity contribution in [2.45, 2.75) is 26.7 Å². The average molecular weight is 339 g/mol. The lowest BCUT2D eigenvalue weighted by Gasteiger charge is -2.11. The molecule has 0 bridgehead atoms. The summed E-state index contributed by atoms with van der Waals surface area (Å²) in [5, 5.41) is 5.10. The highest BCUT2D eigenvalue weighted by Gasteiger charge is 2.12. The van der Waals surface area contributed by atoms with Gasteiger partial charge in [0.25, 0.3) is 0 Å². The van der Waals surface area contributed by atoms with Gasteiger partial charge in [0.2, 0.25) is 5.71 Å². The molecule has 130 valence electrons. The predicted octanol–water partition coefficient (Wildman–Crippen LogP) is 4.12. The minimum absolute atomic E-state index is 0.363. The maximum Gasteiger partial charge on any atom is 0.354 e. The van der Waals surface area contributed by atoms with Gasteiger partial charge in [-0.15, -0.1) is 0 Å². The van der Waals surface area contributed by atoms with Crippen LogP contribution in [0.5, 0.6) is 0 Å². The summed E-state index contributed by atoms with van der Waals surface area (Å²) in [6, 6.07) is 9.77. The van der Waals surface area contributed by atoms with Crippen molar-refractivity contribution in [3.8, 4) is 0 Å². The second kappa shape index (κ2) is 7.25. The number of anilines is 1. The molecular weight excluding hydrogens is 318 g/mol. The maximum atomic E-state index is 11.5. The van der Waals surface area contributed by atoms with E-state index in [1.807, 2.05) is 6.07 Å². The number of aromatic amines is 1. The Morgan fingerprint density at radius 2 is 2.00 bits per heavy atom. The summed E-state index contributed by atoms with van der Waals surface area (Å²) in [5.74, 6) is 0.170. The number of hydrogen-bond acceptors (Lipinski definition) is 5. The maximum absolute atomic E-state index is 11.5. The Bertz CT molecular complexity index is 868. The number of carbonyl (C=O) groups is 1. The molecule has 0 radical (unpaired) electrons. The monoisotopic (exact) mass is 339 g/mol. The smallest absolute Gasteiger partial charge is 0.354 e. The molecule has 0 saturated heterocycles. The standard InChI is InChI=1S/C19H21N3O3/c1-4-12-7-6-8-13(5-2)17(12)22-20-11-15-9-14-10-16(19(23)24-3)21-18(14)25-15/h6-11,21-22H,4-5H2,1-3H3/b20-11+. The Hall–Kier alpha value is -3.02. The second-order valence-corrected chi connectivity index (χ2v) is 5.64. The van der Waals surface area contributed by atoms with Crippen LogP contribution in [0.1, 0.15) is 41.2 Å². The van der Waals surface area contributed by atoms with Crippen LogP contribution in [0.25, 0.3) is 11.1 Å². The van der Waals surface area contributed by atoms with Crippen molar-refractivity contribution in [3.63, 3.8) is 0 Å². The van der Waals surface area contributed by atoms with Crippen molar-refractivity contribution in [2.75, 3.05) is 12.5 Å². The van der Waals surface area contributed by atoms with Gasteiger partial charge in [0.05, 0.1) is 19.0 Å². The number of fused-ring (bicyclic) bond motifs is 1. The number of H-pyrrole nitrogens is 1. The summed E-state index contributed by atoms with van der Waals surface area (Å²) in [4.78, 5) is 14.4. The molecule has 3 rings (SSSR count). The Kier molecular flexibility index (Phi) is 4.88. The zero-order valence-electron chi connectivity index (χ0n) is 14.6. The predicted molar refractivity (Wildman–Crippen MR) is 98.3 cm³/mol. The largest absolute Gasteiger partial charge is 0.464 e. The molecule has 3 aromatic rings. The van der Waals surface area contributed by atoms with Crippen LogP contribution in [-0.2, 0) is 17.6 Å². The zero-order valence-corrected chi connectivity index (χ0v) is 14.6. The number of nitrogens with one attached hydrogen (secondary N) is 2. The topological polar surface area (TPSA) is 79.6 Å². The number of para-hydroxylation sites is 1. The van der Waals surface area contributed by atoms with E-state index in [2.05, 4.69) is 52.3 Å². The molecule has 0 spiro atoms. The van der Waals surface area contributed by atoms with E-state index in [9.17, 15) is 4.79 Å². The number of hydrazone groups is 1. The zero-order chi connectivity index (χ0) is 17.8. The third-order valence-corrected chi connectivity index (χ3v) is 4.10. The van der Waals surface area contributed by atoms with E-state index in [1.54, 1.807) is 12.3 Å². The summed E-state index contributed by atoms with van der Waals surface area (Å²) in [6.45, 7) is 4.25. The molecule has 0 saturated carbocycles. The van der Waals surface area contributed by atoms with Gasteiger partial charge in [-0.2, -0.15) is 5.10 Å². The van der Waals surface area contributed by atoms with Gasteiger partial charge in [-0.3, -0.25) is 5.43 Å². The van der Waals surface area contributed by atoms with Crippen molar-refractivity contribution in [2.24, 2.45) is 5.10 Å². The second-order valence-electron chi connectivity index (χ2n) is 5.64. The fourth-order valence-corrected chi connectivity index (χ4v) is 2.77. The van der Waals surface area contributed by atoms with Crippen LogP contribution >= 0.6 is 0 Å². The minimum Gasteiger partial charge on any atom is -0.464 e. The van der Waals surface area contributed by atoms with Gasteiger partial charge in [0.1, 0.15) is 11.5 Å². The van der Waals surface area contributed by atoms with Crippen molar-refractivity contribution in [1.29, 1.82) is 0 Å². The van der Waals surface area contributed by atoms with E-state index >= 15 is 0 Å². The summed E-state index contributed by atoms with van der Waals surface area (Å²) in [6.07, 6.45) is 3.50. The lowest BCUT2D eigenvalue weighted by atomic mass is 10.0. The number of furan rings is 1. The average Bonchev–Trinajstić information content (AvgIpc) is 3.19. The number of esters is 1. The summed E-state index contributed by atoms with van der Waals surface area (Å²) >= 11 is 0.